The molecule has 30 heavy (non-hydrogen) atoms. The van der Waals surface area contributed by atoms with E-state index in [1.165, 1.54) is 6.92 Å². The van der Waals surface area contributed by atoms with Gasteiger partial charge in [0.25, 0.3) is 5.91 Å². The monoisotopic (exact) mass is 480 g/mol. The summed E-state index contributed by atoms with van der Waals surface area (Å²) in [5.74, 6) is 0.0278. The normalized spacial score (nSPS) is 14.8. The summed E-state index contributed by atoms with van der Waals surface area (Å²) in [5, 5.41) is 4.87. The highest BCUT2D eigenvalue weighted by Crippen LogP contribution is 2.35. The van der Waals surface area contributed by atoms with Gasteiger partial charge in [-0.05, 0) is 52.4 Å². The number of carbonyl (C=O) groups excluding carboxylic acids is 2. The molecule has 3 aromatic rings. The zero-order valence-electron chi connectivity index (χ0n) is 16.0. The zero-order valence-corrected chi connectivity index (χ0v) is 18.4. The van der Waals surface area contributed by atoms with Gasteiger partial charge in [-0.25, -0.2) is 0 Å². The number of nitrogens with one attached hydrogen (secondary N) is 1. The van der Waals surface area contributed by atoms with Crippen molar-refractivity contribution in [2.24, 2.45) is 4.99 Å². The van der Waals surface area contributed by atoms with Gasteiger partial charge in [0.15, 0.2) is 5.17 Å². The van der Waals surface area contributed by atoms with Gasteiger partial charge in [-0.15, -0.1) is 0 Å². The van der Waals surface area contributed by atoms with Crippen molar-refractivity contribution in [3.63, 3.8) is 0 Å². The highest BCUT2D eigenvalue weighted by Gasteiger charge is 2.23. The van der Waals surface area contributed by atoms with Crippen LogP contribution in [0.25, 0.3) is 16.8 Å². The highest BCUT2D eigenvalue weighted by atomic mass is 79.9. The maximum atomic E-state index is 12.4. The average molecular weight is 481 g/mol. The lowest BCUT2D eigenvalue weighted by molar-refractivity contribution is -0.117. The lowest BCUT2D eigenvalue weighted by atomic mass is 10.0. The van der Waals surface area contributed by atoms with Crippen LogP contribution in [0.4, 0.5) is 0 Å². The summed E-state index contributed by atoms with van der Waals surface area (Å²) < 4.78 is 7.13. The molecule has 0 spiro atoms. The van der Waals surface area contributed by atoms with Crippen LogP contribution in [0.2, 0.25) is 0 Å². The molecular formula is C23H17BrN2O3S. The van der Waals surface area contributed by atoms with Gasteiger partial charge in [0.05, 0.1) is 4.91 Å². The summed E-state index contributed by atoms with van der Waals surface area (Å²) in [4.78, 5) is 28.0. The van der Waals surface area contributed by atoms with Gasteiger partial charge < -0.3 is 10.1 Å². The number of amides is 2. The Morgan fingerprint density at radius 2 is 1.90 bits per heavy atom. The quantitative estimate of drug-likeness (QED) is 0.515. The average Bonchev–Trinajstić information content (AvgIpc) is 3.06. The fourth-order valence-corrected chi connectivity index (χ4v) is 4.14. The molecule has 1 heterocycles. The molecule has 0 radical (unpaired) electrons. The van der Waals surface area contributed by atoms with Crippen LogP contribution < -0.4 is 10.1 Å². The number of rotatable bonds is 4. The first-order valence-corrected chi connectivity index (χ1v) is 10.8. The lowest BCUT2D eigenvalue weighted by Gasteiger charge is -2.13. The summed E-state index contributed by atoms with van der Waals surface area (Å²) in [7, 11) is 0. The van der Waals surface area contributed by atoms with Crippen molar-refractivity contribution in [1.82, 2.24) is 5.32 Å². The first-order valence-electron chi connectivity index (χ1n) is 9.19. The van der Waals surface area contributed by atoms with Crippen LogP contribution in [0.5, 0.6) is 5.75 Å². The minimum absolute atomic E-state index is 0.265. The predicted molar refractivity (Wildman–Crippen MR) is 124 cm³/mol. The van der Waals surface area contributed by atoms with Crippen molar-refractivity contribution < 1.29 is 14.3 Å². The summed E-state index contributed by atoms with van der Waals surface area (Å²) in [6.07, 6.45) is 1.78. The molecule has 0 fully saturated rings. The standard InChI is InChI=1S/C23H17BrN2O3S/c1-14(27)25-23-26-22(28)21(30-23)12-19-18-5-3-2-4-16(18)8-11-20(19)29-13-15-6-9-17(24)10-7-15/h2-12H,13H2,1H3,(H,25,26,27,28)/b21-12-. The highest BCUT2D eigenvalue weighted by molar-refractivity contribution is 9.10. The third-order valence-corrected chi connectivity index (χ3v) is 5.84. The Morgan fingerprint density at radius 3 is 2.67 bits per heavy atom. The molecule has 0 saturated heterocycles. The number of carbonyl (C=O) groups is 2. The van der Waals surface area contributed by atoms with Crippen molar-refractivity contribution in [3.8, 4) is 5.75 Å². The number of hydrogen-bond donors (Lipinski definition) is 1. The van der Waals surface area contributed by atoms with Crippen LogP contribution in [-0.2, 0) is 16.2 Å². The van der Waals surface area contributed by atoms with Gasteiger partial charge in [0.2, 0.25) is 5.91 Å². The van der Waals surface area contributed by atoms with Crippen LogP contribution in [0, 0.1) is 0 Å². The van der Waals surface area contributed by atoms with Gasteiger partial charge in [-0.3, -0.25) is 9.59 Å². The molecule has 7 heteroatoms. The van der Waals surface area contributed by atoms with Gasteiger partial charge in [-0.2, -0.15) is 4.99 Å². The molecule has 0 aliphatic carbocycles. The molecule has 1 aliphatic heterocycles. The van der Waals surface area contributed by atoms with Crippen LogP contribution >= 0.6 is 27.7 Å². The number of benzene rings is 3. The number of fused-ring (bicyclic) bond motifs is 1. The fourth-order valence-electron chi connectivity index (χ4n) is 3.04. The molecule has 1 N–H and O–H groups in total. The first kappa shape index (κ1) is 20.4. The van der Waals surface area contributed by atoms with E-state index in [0.717, 1.165) is 38.1 Å². The van der Waals surface area contributed by atoms with E-state index in [4.69, 9.17) is 4.74 Å². The molecule has 150 valence electrons. The van der Waals surface area contributed by atoms with E-state index in [0.29, 0.717) is 17.3 Å². The molecule has 5 nitrogen and oxygen atoms in total. The number of aliphatic imine (C=N–C) groups is 1. The van der Waals surface area contributed by atoms with E-state index in [9.17, 15) is 9.59 Å². The van der Waals surface area contributed by atoms with Gasteiger partial charge in [0, 0.05) is 17.0 Å². The SMILES string of the molecule is CC(=O)NC1=NC(=O)/C(=C/c2c(OCc3ccc(Br)cc3)ccc3ccccc23)S1. The number of halogens is 1. The zero-order chi connectivity index (χ0) is 21.1. The molecule has 2 amide bonds. The van der Waals surface area contributed by atoms with Crippen LogP contribution in [-0.4, -0.2) is 17.0 Å². The largest absolute Gasteiger partial charge is 0.488 e. The van der Waals surface area contributed by atoms with E-state index < -0.39 is 0 Å². The van der Waals surface area contributed by atoms with Crippen molar-refractivity contribution in [3.05, 3.63) is 81.2 Å². The van der Waals surface area contributed by atoms with Gasteiger partial charge >= 0.3 is 0 Å². The summed E-state index contributed by atoms with van der Waals surface area (Å²) in [6, 6.07) is 19.8. The number of hydrogen-bond acceptors (Lipinski definition) is 4. The number of amidine groups is 1. The minimum atomic E-state index is -0.379. The molecular weight excluding hydrogens is 464 g/mol. The Balaban J connectivity index is 1.68. The van der Waals surface area contributed by atoms with E-state index in [1.54, 1.807) is 6.08 Å². The summed E-state index contributed by atoms with van der Waals surface area (Å²) in [5.41, 5.74) is 1.84. The van der Waals surface area contributed by atoms with Crippen LogP contribution in [0.3, 0.4) is 0 Å². The molecule has 0 unspecified atom stereocenters. The Kier molecular flexibility index (Phi) is 6.01. The Labute approximate surface area is 186 Å². The van der Waals surface area contributed by atoms with Gasteiger partial charge in [-0.1, -0.05) is 58.4 Å². The fraction of sp³-hybridized carbons (Fsp3) is 0.0870. The van der Waals surface area contributed by atoms with E-state index in [-0.39, 0.29) is 17.0 Å². The lowest BCUT2D eigenvalue weighted by Crippen LogP contribution is -2.23. The molecule has 0 aromatic heterocycles. The summed E-state index contributed by atoms with van der Waals surface area (Å²) >= 11 is 4.58. The van der Waals surface area contributed by atoms with E-state index >= 15 is 0 Å². The molecule has 1 aliphatic rings. The molecule has 0 atom stereocenters. The second-order valence-electron chi connectivity index (χ2n) is 6.63. The third kappa shape index (κ3) is 4.63. The van der Waals surface area contributed by atoms with Crippen LogP contribution in [0.1, 0.15) is 18.1 Å². The Hall–Kier alpha value is -2.90. The third-order valence-electron chi connectivity index (χ3n) is 4.42. The van der Waals surface area contributed by atoms with Crippen molar-refractivity contribution >= 4 is 61.5 Å². The topological polar surface area (TPSA) is 67.8 Å². The summed E-state index contributed by atoms with van der Waals surface area (Å²) in [6.45, 7) is 1.78. The second-order valence-corrected chi connectivity index (χ2v) is 8.57. The van der Waals surface area contributed by atoms with E-state index in [1.807, 2.05) is 60.7 Å². The molecule has 3 aromatic carbocycles. The van der Waals surface area contributed by atoms with E-state index in [2.05, 4.69) is 26.2 Å². The Morgan fingerprint density at radius 1 is 1.13 bits per heavy atom. The Bertz CT molecular complexity index is 1200. The molecule has 0 bridgehead atoms. The van der Waals surface area contributed by atoms with Crippen LogP contribution in [0.15, 0.2) is 75.0 Å². The maximum Gasteiger partial charge on any atom is 0.286 e. The second kappa shape index (κ2) is 8.85. The van der Waals surface area contributed by atoms with Gasteiger partial charge in [0.1, 0.15) is 12.4 Å². The number of thioether (sulfide) groups is 1. The first-order chi connectivity index (χ1) is 14.5. The maximum absolute atomic E-state index is 12.4. The smallest absolute Gasteiger partial charge is 0.286 e. The molecule has 0 saturated carbocycles. The number of ether oxygens (including phenoxy) is 1. The van der Waals surface area contributed by atoms with Crippen molar-refractivity contribution in [2.45, 2.75) is 13.5 Å². The van der Waals surface area contributed by atoms with Crippen molar-refractivity contribution in [1.29, 1.82) is 0 Å². The predicted octanol–water partition coefficient (Wildman–Crippen LogP) is 5.29. The minimum Gasteiger partial charge on any atom is -0.488 e. The molecule has 4 rings (SSSR count). The van der Waals surface area contributed by atoms with Crippen molar-refractivity contribution in [2.75, 3.05) is 0 Å². The number of nitrogens with zero attached hydrogens (tertiary/aromatic N) is 1.